The lowest BCUT2D eigenvalue weighted by molar-refractivity contribution is 0.0725. The molecule has 2 heterocycles. The van der Waals surface area contributed by atoms with E-state index in [1.54, 1.807) is 40.8 Å². The fraction of sp³-hybridized carbons (Fsp3) is 0.250. The average molecular weight is 368 g/mol. The molecule has 140 valence electrons. The molecule has 2 aromatic rings. The van der Waals surface area contributed by atoms with Gasteiger partial charge in [0.25, 0.3) is 5.91 Å². The van der Waals surface area contributed by atoms with Gasteiger partial charge < -0.3 is 9.64 Å². The van der Waals surface area contributed by atoms with Gasteiger partial charge in [0.05, 0.1) is 18.8 Å². The molecule has 3 rings (SSSR count). The first-order valence-corrected chi connectivity index (χ1v) is 8.56. The molecule has 0 saturated heterocycles. The number of fused-ring (bicyclic) bond motifs is 1. The molecule has 0 fully saturated rings. The van der Waals surface area contributed by atoms with Crippen LogP contribution in [0.5, 0.6) is 5.75 Å². The second-order valence-electron chi connectivity index (χ2n) is 6.26. The second kappa shape index (κ2) is 7.99. The van der Waals surface area contributed by atoms with E-state index in [0.29, 0.717) is 48.2 Å². The lowest BCUT2D eigenvalue weighted by Crippen LogP contribution is -2.42. The van der Waals surface area contributed by atoms with Gasteiger partial charge in [-0.05, 0) is 43.3 Å². The number of carbonyl (C=O) groups is 1. The molecular weight excluding hydrogens is 347 g/mol. The Morgan fingerprint density at radius 1 is 1.37 bits per heavy atom. The number of amides is 1. The monoisotopic (exact) mass is 368 g/mol. The summed E-state index contributed by atoms with van der Waals surface area (Å²) in [5.74, 6) is 0.111. The number of benzene rings is 1. The minimum Gasteiger partial charge on any atom is -0.487 e. The lowest BCUT2D eigenvalue weighted by atomic mass is 10.2. The highest BCUT2D eigenvalue weighted by atomic mass is 19.1. The third-order valence-corrected chi connectivity index (χ3v) is 4.04. The van der Waals surface area contributed by atoms with Crippen LogP contribution in [0.25, 0.3) is 0 Å². The Morgan fingerprint density at radius 3 is 2.78 bits per heavy atom. The van der Waals surface area contributed by atoms with Gasteiger partial charge in [-0.1, -0.05) is 13.2 Å². The van der Waals surface area contributed by atoms with Crippen molar-refractivity contribution in [1.29, 1.82) is 0 Å². The van der Waals surface area contributed by atoms with Crippen LogP contribution < -0.4 is 4.74 Å². The fourth-order valence-electron chi connectivity index (χ4n) is 2.79. The van der Waals surface area contributed by atoms with Crippen LogP contribution >= 0.6 is 0 Å². The summed E-state index contributed by atoms with van der Waals surface area (Å²) >= 11 is 0. The molecule has 7 heteroatoms. The van der Waals surface area contributed by atoms with Crippen molar-refractivity contribution in [2.45, 2.75) is 20.1 Å². The maximum Gasteiger partial charge on any atom is 0.272 e. The van der Waals surface area contributed by atoms with Crippen LogP contribution in [0.3, 0.4) is 0 Å². The van der Waals surface area contributed by atoms with Gasteiger partial charge in [-0.3, -0.25) is 14.5 Å². The van der Waals surface area contributed by atoms with Crippen molar-refractivity contribution in [2.75, 3.05) is 13.1 Å². The molecule has 0 atom stereocenters. The van der Waals surface area contributed by atoms with Gasteiger partial charge in [-0.15, -0.1) is 0 Å². The Labute approximate surface area is 157 Å². The zero-order valence-electron chi connectivity index (χ0n) is 15.2. The first kappa shape index (κ1) is 18.6. The quantitative estimate of drug-likeness (QED) is 0.705. The Morgan fingerprint density at radius 2 is 2.11 bits per heavy atom. The van der Waals surface area contributed by atoms with Crippen LogP contribution in [-0.2, 0) is 13.2 Å². The highest BCUT2D eigenvalue weighted by Crippen LogP contribution is 2.17. The molecule has 0 radical (unpaired) electrons. The zero-order chi connectivity index (χ0) is 19.4. The van der Waals surface area contributed by atoms with Crippen molar-refractivity contribution >= 4 is 11.6 Å². The van der Waals surface area contributed by atoms with E-state index in [1.807, 2.05) is 0 Å². The highest BCUT2D eigenvalue weighted by molar-refractivity contribution is 6.01. The van der Waals surface area contributed by atoms with Gasteiger partial charge in [0.1, 0.15) is 29.6 Å². The molecule has 6 nitrogen and oxygen atoms in total. The van der Waals surface area contributed by atoms with Crippen molar-refractivity contribution < 1.29 is 13.9 Å². The predicted octanol–water partition coefficient (Wildman–Crippen LogP) is 3.22. The van der Waals surface area contributed by atoms with Crippen molar-refractivity contribution in [1.82, 2.24) is 14.7 Å². The number of halogens is 1. The molecule has 1 amide bonds. The number of hydrogen-bond acceptors (Lipinski definition) is 4. The summed E-state index contributed by atoms with van der Waals surface area (Å²) in [7, 11) is 0. The molecule has 0 saturated carbocycles. The number of nitrogens with zero attached hydrogens (tertiary/aromatic N) is 4. The number of ether oxygens (including phenoxy) is 1. The predicted molar refractivity (Wildman–Crippen MR) is 101 cm³/mol. The van der Waals surface area contributed by atoms with E-state index in [1.165, 1.54) is 12.1 Å². The van der Waals surface area contributed by atoms with E-state index in [2.05, 4.69) is 23.2 Å². The van der Waals surface area contributed by atoms with E-state index in [4.69, 9.17) is 4.74 Å². The largest absolute Gasteiger partial charge is 0.487 e. The number of aliphatic imine (C=N–C) groups is 1. The topological polar surface area (TPSA) is 59.7 Å². The van der Waals surface area contributed by atoms with Gasteiger partial charge >= 0.3 is 0 Å². The smallest absolute Gasteiger partial charge is 0.272 e. The minimum absolute atomic E-state index is 0.113. The van der Waals surface area contributed by atoms with Gasteiger partial charge in [0.15, 0.2) is 0 Å². The minimum atomic E-state index is -0.320. The summed E-state index contributed by atoms with van der Waals surface area (Å²) < 4.78 is 20.2. The SMILES string of the molecule is C=CC(CN1CCn2nc(COc3ccc(F)cc3)cc2C1=O)=NC(=C)C. The molecule has 1 aliphatic rings. The number of carbonyl (C=O) groups excluding carboxylic acids is 1. The molecule has 0 unspecified atom stereocenters. The lowest BCUT2D eigenvalue weighted by Gasteiger charge is -2.27. The van der Waals surface area contributed by atoms with Gasteiger partial charge in [-0.25, -0.2) is 4.39 Å². The summed E-state index contributed by atoms with van der Waals surface area (Å²) in [5.41, 5.74) is 2.52. The fourth-order valence-corrected chi connectivity index (χ4v) is 2.79. The summed E-state index contributed by atoms with van der Waals surface area (Å²) in [6.45, 7) is 11.0. The third-order valence-electron chi connectivity index (χ3n) is 4.04. The van der Waals surface area contributed by atoms with Gasteiger partial charge in [-0.2, -0.15) is 5.10 Å². The van der Waals surface area contributed by atoms with Crippen molar-refractivity contribution in [3.8, 4) is 5.75 Å². The third kappa shape index (κ3) is 4.49. The Kier molecular flexibility index (Phi) is 5.49. The maximum atomic E-state index is 12.9. The summed E-state index contributed by atoms with van der Waals surface area (Å²) in [6.07, 6.45) is 1.63. The molecular formula is C20H21FN4O2. The van der Waals surface area contributed by atoms with E-state index in [0.717, 1.165) is 0 Å². The van der Waals surface area contributed by atoms with Gasteiger partial charge in [0.2, 0.25) is 0 Å². The van der Waals surface area contributed by atoms with Crippen LogP contribution in [0.4, 0.5) is 4.39 Å². The van der Waals surface area contributed by atoms with Crippen molar-refractivity contribution in [3.05, 3.63) is 72.5 Å². The Balaban J connectivity index is 1.68. The Hall–Kier alpha value is -3.22. The van der Waals surface area contributed by atoms with Crippen LogP contribution in [0, 0.1) is 5.82 Å². The normalized spacial score (nSPS) is 14.1. The standard InChI is InChI=1S/C20H21FN4O2/c1-4-16(22-14(2)3)12-24-9-10-25-19(20(24)26)11-17(23-25)13-27-18-7-5-15(21)6-8-18/h4-8,11H,1-2,9-10,12-13H2,3H3. The summed E-state index contributed by atoms with van der Waals surface area (Å²) in [4.78, 5) is 18.8. The molecule has 1 aliphatic heterocycles. The van der Waals surface area contributed by atoms with E-state index < -0.39 is 0 Å². The average Bonchev–Trinajstić information content (AvgIpc) is 3.06. The molecule has 0 spiro atoms. The summed E-state index contributed by atoms with van der Waals surface area (Å²) in [6, 6.07) is 7.49. The van der Waals surface area contributed by atoms with Crippen molar-refractivity contribution in [2.24, 2.45) is 4.99 Å². The second-order valence-corrected chi connectivity index (χ2v) is 6.26. The maximum absolute atomic E-state index is 12.9. The molecule has 0 aliphatic carbocycles. The summed E-state index contributed by atoms with van der Waals surface area (Å²) in [5, 5.41) is 4.42. The first-order valence-electron chi connectivity index (χ1n) is 8.56. The molecule has 1 aromatic heterocycles. The molecule has 27 heavy (non-hydrogen) atoms. The van der Waals surface area contributed by atoms with Crippen LogP contribution in [-0.4, -0.2) is 39.4 Å². The van der Waals surface area contributed by atoms with Crippen molar-refractivity contribution in [3.63, 3.8) is 0 Å². The van der Waals surface area contributed by atoms with Crippen LogP contribution in [0.2, 0.25) is 0 Å². The van der Waals surface area contributed by atoms with E-state index >= 15 is 0 Å². The van der Waals surface area contributed by atoms with Crippen LogP contribution in [0.15, 0.2) is 60.3 Å². The first-order chi connectivity index (χ1) is 13.0. The number of rotatable bonds is 7. The molecule has 0 bridgehead atoms. The zero-order valence-corrected chi connectivity index (χ0v) is 15.2. The highest BCUT2D eigenvalue weighted by Gasteiger charge is 2.27. The number of aromatic nitrogens is 2. The molecule has 1 aromatic carbocycles. The van der Waals surface area contributed by atoms with Crippen LogP contribution in [0.1, 0.15) is 23.1 Å². The number of hydrogen-bond donors (Lipinski definition) is 0. The van der Waals surface area contributed by atoms with E-state index in [-0.39, 0.29) is 18.3 Å². The Bertz CT molecular complexity index is 899. The number of allylic oxidation sites excluding steroid dienone is 1. The van der Waals surface area contributed by atoms with E-state index in [9.17, 15) is 9.18 Å². The molecule has 0 N–H and O–H groups in total. The van der Waals surface area contributed by atoms with Gasteiger partial charge in [0, 0.05) is 12.2 Å².